The Morgan fingerprint density at radius 1 is 1.47 bits per heavy atom. The lowest BCUT2D eigenvalue weighted by Crippen LogP contribution is -2.10. The van der Waals surface area contributed by atoms with Gasteiger partial charge in [-0.1, -0.05) is 18.5 Å². The highest BCUT2D eigenvalue weighted by Crippen LogP contribution is 2.13. The molecule has 1 unspecified atom stereocenters. The van der Waals surface area contributed by atoms with Crippen LogP contribution in [-0.2, 0) is 11.2 Å². The van der Waals surface area contributed by atoms with Crippen LogP contribution < -0.4 is 5.73 Å². The van der Waals surface area contributed by atoms with E-state index in [1.165, 1.54) is 0 Å². The van der Waals surface area contributed by atoms with Crippen LogP contribution in [0.1, 0.15) is 37.5 Å². The quantitative estimate of drug-likeness (QED) is 0.710. The number of ether oxygens (including phenoxy) is 1. The molecule has 0 aliphatic heterocycles. The van der Waals surface area contributed by atoms with Crippen LogP contribution in [0.2, 0.25) is 0 Å². The molecule has 1 aromatic heterocycles. The molecule has 0 spiro atoms. The maximum Gasteiger partial charge on any atom is 0.261 e. The number of halogens is 2. The van der Waals surface area contributed by atoms with E-state index < -0.39 is 13.0 Å². The number of aromatic nitrogens is 2. The summed E-state index contributed by atoms with van der Waals surface area (Å²) in [5.41, 5.74) is 5.79. The Bertz CT molecular complexity index is 320. The van der Waals surface area contributed by atoms with E-state index >= 15 is 0 Å². The number of nitrogens with two attached hydrogens (primary N) is 1. The summed E-state index contributed by atoms with van der Waals surface area (Å²) in [6.07, 6.45) is -0.414. The van der Waals surface area contributed by atoms with Crippen LogP contribution in [0.5, 0.6) is 0 Å². The van der Waals surface area contributed by atoms with E-state index in [1.807, 2.05) is 6.92 Å². The first-order valence-electron chi connectivity index (χ1n) is 5.57. The minimum atomic E-state index is -2.45. The average molecular weight is 249 g/mol. The monoisotopic (exact) mass is 249 g/mol. The zero-order chi connectivity index (χ0) is 12.7. The minimum Gasteiger partial charge on any atom is -0.375 e. The number of hydrogen-bond donors (Lipinski definition) is 1. The first-order chi connectivity index (χ1) is 8.13. The van der Waals surface area contributed by atoms with Crippen LogP contribution in [0.3, 0.4) is 0 Å². The molecule has 0 saturated carbocycles. The lowest BCUT2D eigenvalue weighted by atomic mass is 10.2. The summed E-state index contributed by atoms with van der Waals surface area (Å²) in [6, 6.07) is -0.261. The van der Waals surface area contributed by atoms with Gasteiger partial charge in [0.1, 0.15) is 6.61 Å². The van der Waals surface area contributed by atoms with E-state index in [2.05, 4.69) is 10.1 Å². The van der Waals surface area contributed by atoms with Crippen LogP contribution in [0.15, 0.2) is 4.52 Å². The molecule has 1 aromatic rings. The third-order valence-corrected chi connectivity index (χ3v) is 2.11. The number of rotatable bonds is 8. The van der Waals surface area contributed by atoms with Gasteiger partial charge < -0.3 is 15.0 Å². The molecule has 0 bridgehead atoms. The van der Waals surface area contributed by atoms with Crippen molar-refractivity contribution in [3.05, 3.63) is 11.7 Å². The second-order valence-electron chi connectivity index (χ2n) is 3.66. The van der Waals surface area contributed by atoms with E-state index in [0.717, 1.165) is 12.8 Å². The maximum absolute atomic E-state index is 11.8. The van der Waals surface area contributed by atoms with Gasteiger partial charge in [0.05, 0.1) is 12.6 Å². The normalized spacial score (nSPS) is 13.2. The molecule has 1 heterocycles. The average Bonchev–Trinajstić information content (AvgIpc) is 2.73. The fraction of sp³-hybridized carbons (Fsp3) is 0.800. The van der Waals surface area contributed by atoms with Crippen molar-refractivity contribution in [2.45, 2.75) is 38.7 Å². The first kappa shape index (κ1) is 14.0. The molecule has 0 amide bonds. The number of alkyl halides is 2. The first-order valence-corrected chi connectivity index (χ1v) is 5.57. The highest BCUT2D eigenvalue weighted by Gasteiger charge is 2.13. The highest BCUT2D eigenvalue weighted by molar-refractivity contribution is 4.91. The Balaban J connectivity index is 2.30. The zero-order valence-electron chi connectivity index (χ0n) is 9.73. The largest absolute Gasteiger partial charge is 0.375 e. The van der Waals surface area contributed by atoms with Gasteiger partial charge in [-0.2, -0.15) is 4.98 Å². The summed E-state index contributed by atoms with van der Waals surface area (Å²) in [6.45, 7) is 1.59. The molecule has 17 heavy (non-hydrogen) atoms. The molecule has 1 rings (SSSR count). The lowest BCUT2D eigenvalue weighted by molar-refractivity contribution is 0.0182. The Morgan fingerprint density at radius 2 is 2.24 bits per heavy atom. The van der Waals surface area contributed by atoms with Crippen molar-refractivity contribution in [2.75, 3.05) is 13.2 Å². The topological polar surface area (TPSA) is 74.2 Å². The lowest BCUT2D eigenvalue weighted by Gasteiger charge is -2.02. The van der Waals surface area contributed by atoms with Gasteiger partial charge in [0.25, 0.3) is 6.43 Å². The van der Waals surface area contributed by atoms with E-state index in [0.29, 0.717) is 18.1 Å². The van der Waals surface area contributed by atoms with Crippen LogP contribution >= 0.6 is 0 Å². The molecule has 0 aliphatic carbocycles. The molecular formula is C10H17F2N3O2. The summed E-state index contributed by atoms with van der Waals surface area (Å²) in [7, 11) is 0. The van der Waals surface area contributed by atoms with E-state index in [-0.39, 0.29) is 12.6 Å². The smallest absolute Gasteiger partial charge is 0.261 e. The fourth-order valence-corrected chi connectivity index (χ4v) is 1.29. The van der Waals surface area contributed by atoms with Crippen LogP contribution in [-0.4, -0.2) is 29.8 Å². The van der Waals surface area contributed by atoms with Crippen molar-refractivity contribution in [1.82, 2.24) is 10.1 Å². The van der Waals surface area contributed by atoms with Gasteiger partial charge in [-0.15, -0.1) is 0 Å². The van der Waals surface area contributed by atoms with Crippen molar-refractivity contribution in [3.8, 4) is 0 Å². The SMILES string of the molecule is CCCC(N)c1nc(CCOCC(F)F)no1. The van der Waals surface area contributed by atoms with Crippen LogP contribution in [0.25, 0.3) is 0 Å². The van der Waals surface area contributed by atoms with E-state index in [4.69, 9.17) is 15.0 Å². The molecule has 0 aromatic carbocycles. The Labute approximate surface area is 98.3 Å². The van der Waals surface area contributed by atoms with Gasteiger partial charge in [0.2, 0.25) is 5.89 Å². The third kappa shape index (κ3) is 5.18. The molecule has 1 atom stereocenters. The molecule has 2 N–H and O–H groups in total. The van der Waals surface area contributed by atoms with E-state index in [1.54, 1.807) is 0 Å². The highest BCUT2D eigenvalue weighted by atomic mass is 19.3. The van der Waals surface area contributed by atoms with Crippen molar-refractivity contribution >= 4 is 0 Å². The summed E-state index contributed by atoms with van der Waals surface area (Å²) in [5.74, 6) is 0.816. The van der Waals surface area contributed by atoms with Crippen molar-refractivity contribution in [3.63, 3.8) is 0 Å². The fourth-order valence-electron chi connectivity index (χ4n) is 1.29. The van der Waals surface area contributed by atoms with Crippen molar-refractivity contribution in [2.24, 2.45) is 5.73 Å². The standard InChI is InChI=1S/C10H17F2N3O2/c1-2-3-7(13)10-14-9(15-17-10)4-5-16-6-8(11)12/h7-8H,2-6,13H2,1H3. The van der Waals surface area contributed by atoms with Gasteiger partial charge >= 0.3 is 0 Å². The van der Waals surface area contributed by atoms with Crippen LogP contribution in [0.4, 0.5) is 8.78 Å². The number of nitrogens with zero attached hydrogens (tertiary/aromatic N) is 2. The summed E-state index contributed by atoms with van der Waals surface area (Å²) >= 11 is 0. The van der Waals surface area contributed by atoms with E-state index in [9.17, 15) is 8.78 Å². The predicted molar refractivity (Wildman–Crippen MR) is 56.7 cm³/mol. The number of hydrogen-bond acceptors (Lipinski definition) is 5. The second-order valence-corrected chi connectivity index (χ2v) is 3.66. The molecule has 98 valence electrons. The molecule has 0 saturated heterocycles. The maximum atomic E-state index is 11.8. The Morgan fingerprint density at radius 3 is 2.88 bits per heavy atom. The second kappa shape index (κ2) is 7.29. The predicted octanol–water partition coefficient (Wildman–Crippen LogP) is 1.69. The van der Waals surface area contributed by atoms with Crippen LogP contribution in [0, 0.1) is 0 Å². The van der Waals surface area contributed by atoms with Gasteiger partial charge in [-0.25, -0.2) is 8.78 Å². The summed E-state index contributed by atoms with van der Waals surface area (Å²) in [4.78, 5) is 4.08. The Hall–Kier alpha value is -1.08. The van der Waals surface area contributed by atoms with Gasteiger partial charge in [0.15, 0.2) is 5.82 Å². The summed E-state index contributed by atoms with van der Waals surface area (Å²) in [5, 5.41) is 3.70. The molecule has 0 radical (unpaired) electrons. The molecule has 0 fully saturated rings. The molecule has 7 heteroatoms. The zero-order valence-corrected chi connectivity index (χ0v) is 9.73. The minimum absolute atomic E-state index is 0.145. The Kier molecular flexibility index (Phi) is 5.99. The van der Waals surface area contributed by atoms with Crippen molar-refractivity contribution in [1.29, 1.82) is 0 Å². The molecular weight excluding hydrogens is 232 g/mol. The van der Waals surface area contributed by atoms with Crippen molar-refractivity contribution < 1.29 is 18.0 Å². The third-order valence-electron chi connectivity index (χ3n) is 2.11. The molecule has 5 nitrogen and oxygen atoms in total. The summed E-state index contributed by atoms with van der Waals surface area (Å²) < 4.78 is 33.2. The van der Waals surface area contributed by atoms with Gasteiger partial charge in [-0.05, 0) is 6.42 Å². The van der Waals surface area contributed by atoms with Gasteiger partial charge in [-0.3, -0.25) is 0 Å². The van der Waals surface area contributed by atoms with Gasteiger partial charge in [0, 0.05) is 6.42 Å². The molecule has 0 aliphatic rings.